The molecule has 2 amide bonds. The van der Waals surface area contributed by atoms with Crippen LogP contribution in [0.15, 0.2) is 48.5 Å². The zero-order valence-corrected chi connectivity index (χ0v) is 17.1. The first-order valence-electron chi connectivity index (χ1n) is 9.16. The molecule has 0 spiro atoms. The fraction of sp³-hybridized carbons (Fsp3) is 0.364. The summed E-state index contributed by atoms with van der Waals surface area (Å²) in [6.07, 6.45) is 0.252. The Morgan fingerprint density at radius 1 is 1.04 bits per heavy atom. The Labute approximate surface area is 166 Å². The number of benzene rings is 2. The predicted octanol–water partition coefficient (Wildman–Crippen LogP) is 4.13. The van der Waals surface area contributed by atoms with Gasteiger partial charge in [0, 0.05) is 17.6 Å². The number of carbonyl (C=O) groups excluding carboxylic acids is 2. The minimum Gasteiger partial charge on any atom is -0.352 e. The molecule has 1 N–H and O–H groups in total. The summed E-state index contributed by atoms with van der Waals surface area (Å²) in [5.74, 6) is -0.253. The van der Waals surface area contributed by atoms with Crippen LogP contribution in [0.4, 0.5) is 0 Å². The second-order valence-corrected chi connectivity index (χ2v) is 7.59. The smallest absolute Gasteiger partial charge is 0.242 e. The Bertz CT molecular complexity index is 804. The van der Waals surface area contributed by atoms with Gasteiger partial charge in [-0.05, 0) is 51.0 Å². The van der Waals surface area contributed by atoms with Gasteiger partial charge < -0.3 is 10.2 Å². The molecule has 4 nitrogen and oxygen atoms in total. The van der Waals surface area contributed by atoms with Crippen molar-refractivity contribution in [1.82, 2.24) is 10.2 Å². The molecular weight excluding hydrogens is 360 g/mol. The average Bonchev–Trinajstić information content (AvgIpc) is 2.58. The SMILES string of the molecule is Cc1cccc(CC(=O)N(Cc2cccc(Cl)c2)[C@@H](C)C(=O)NC(C)C)c1. The highest BCUT2D eigenvalue weighted by molar-refractivity contribution is 6.30. The predicted molar refractivity (Wildman–Crippen MR) is 110 cm³/mol. The molecule has 0 fully saturated rings. The van der Waals surface area contributed by atoms with Crippen molar-refractivity contribution in [1.29, 1.82) is 0 Å². The molecule has 0 bridgehead atoms. The van der Waals surface area contributed by atoms with Crippen molar-refractivity contribution in [2.75, 3.05) is 0 Å². The zero-order valence-electron chi connectivity index (χ0n) is 16.3. The van der Waals surface area contributed by atoms with E-state index >= 15 is 0 Å². The Balaban J connectivity index is 2.24. The lowest BCUT2D eigenvalue weighted by atomic mass is 10.1. The van der Waals surface area contributed by atoms with E-state index in [2.05, 4.69) is 5.32 Å². The summed E-state index contributed by atoms with van der Waals surface area (Å²) in [5, 5.41) is 3.50. The second kappa shape index (κ2) is 9.56. The lowest BCUT2D eigenvalue weighted by Gasteiger charge is -2.29. The Hall–Kier alpha value is -2.33. The van der Waals surface area contributed by atoms with Crippen LogP contribution in [0.5, 0.6) is 0 Å². The van der Waals surface area contributed by atoms with Gasteiger partial charge >= 0.3 is 0 Å². The number of halogens is 1. The van der Waals surface area contributed by atoms with Crippen molar-refractivity contribution in [2.24, 2.45) is 0 Å². The van der Waals surface area contributed by atoms with Gasteiger partial charge in [-0.25, -0.2) is 0 Å². The minimum absolute atomic E-state index is 0.0137. The van der Waals surface area contributed by atoms with Gasteiger partial charge in [-0.3, -0.25) is 9.59 Å². The third kappa shape index (κ3) is 6.40. The Morgan fingerprint density at radius 3 is 2.33 bits per heavy atom. The molecule has 0 aliphatic rings. The molecule has 5 heteroatoms. The lowest BCUT2D eigenvalue weighted by molar-refractivity contribution is -0.140. The van der Waals surface area contributed by atoms with Crippen molar-refractivity contribution in [3.8, 4) is 0 Å². The van der Waals surface area contributed by atoms with Crippen molar-refractivity contribution in [3.05, 3.63) is 70.2 Å². The number of rotatable bonds is 7. The van der Waals surface area contributed by atoms with Gasteiger partial charge in [0.25, 0.3) is 0 Å². The summed E-state index contributed by atoms with van der Waals surface area (Å²) < 4.78 is 0. The molecule has 2 rings (SSSR count). The van der Waals surface area contributed by atoms with Gasteiger partial charge in [-0.1, -0.05) is 53.6 Å². The monoisotopic (exact) mass is 386 g/mol. The van der Waals surface area contributed by atoms with Gasteiger partial charge in [-0.2, -0.15) is 0 Å². The third-order valence-corrected chi connectivity index (χ3v) is 4.51. The molecule has 27 heavy (non-hydrogen) atoms. The van der Waals surface area contributed by atoms with Crippen LogP contribution in [-0.4, -0.2) is 28.8 Å². The van der Waals surface area contributed by atoms with Crippen molar-refractivity contribution >= 4 is 23.4 Å². The Morgan fingerprint density at radius 2 is 1.70 bits per heavy atom. The summed E-state index contributed by atoms with van der Waals surface area (Å²) in [7, 11) is 0. The first kappa shape index (κ1) is 21.0. The fourth-order valence-corrected chi connectivity index (χ4v) is 3.13. The molecule has 0 aliphatic heterocycles. The Kier molecular flexibility index (Phi) is 7.43. The van der Waals surface area contributed by atoms with Crippen LogP contribution in [0.3, 0.4) is 0 Å². The highest BCUT2D eigenvalue weighted by atomic mass is 35.5. The molecule has 0 unspecified atom stereocenters. The minimum atomic E-state index is -0.580. The van der Waals surface area contributed by atoms with Crippen molar-refractivity contribution in [2.45, 2.75) is 52.7 Å². The molecule has 0 saturated carbocycles. The van der Waals surface area contributed by atoms with E-state index in [1.807, 2.05) is 63.2 Å². The van der Waals surface area contributed by atoms with Crippen molar-refractivity contribution < 1.29 is 9.59 Å². The highest BCUT2D eigenvalue weighted by Crippen LogP contribution is 2.16. The standard InChI is InChI=1S/C22H27ClN2O2/c1-15(2)24-22(27)17(4)25(14-19-9-6-10-20(23)12-19)21(26)13-18-8-5-7-16(3)11-18/h5-12,15,17H,13-14H2,1-4H3,(H,24,27)/t17-/m0/s1. The first-order chi connectivity index (χ1) is 12.8. The van der Waals surface area contributed by atoms with E-state index in [0.717, 1.165) is 16.7 Å². The molecule has 2 aromatic rings. The maximum atomic E-state index is 13.1. The molecule has 0 aliphatic carbocycles. The average molecular weight is 387 g/mol. The van der Waals surface area contributed by atoms with Gasteiger partial charge in [0.05, 0.1) is 6.42 Å². The van der Waals surface area contributed by atoms with Gasteiger partial charge in [0.1, 0.15) is 6.04 Å². The largest absolute Gasteiger partial charge is 0.352 e. The molecular formula is C22H27ClN2O2. The molecule has 2 aromatic carbocycles. The normalized spacial score (nSPS) is 11.9. The molecule has 144 valence electrons. The van der Waals surface area contributed by atoms with Gasteiger partial charge in [-0.15, -0.1) is 0 Å². The van der Waals surface area contributed by atoms with E-state index in [9.17, 15) is 9.59 Å². The van der Waals surface area contributed by atoms with Crippen LogP contribution in [-0.2, 0) is 22.6 Å². The number of nitrogens with one attached hydrogen (secondary N) is 1. The number of amides is 2. The van der Waals surface area contributed by atoms with E-state index in [1.54, 1.807) is 17.9 Å². The molecule has 1 atom stereocenters. The molecule has 0 radical (unpaired) electrons. The van der Waals surface area contributed by atoms with E-state index < -0.39 is 6.04 Å². The van der Waals surface area contributed by atoms with E-state index in [-0.39, 0.29) is 24.3 Å². The van der Waals surface area contributed by atoms with Gasteiger partial charge in [0.2, 0.25) is 11.8 Å². The molecule has 0 saturated heterocycles. The summed E-state index contributed by atoms with van der Waals surface area (Å²) in [6, 6.07) is 14.7. The van der Waals surface area contributed by atoms with Crippen LogP contribution in [0.25, 0.3) is 0 Å². The number of carbonyl (C=O) groups is 2. The summed E-state index contributed by atoms with van der Waals surface area (Å²) >= 11 is 6.08. The van der Waals surface area contributed by atoms with Crippen LogP contribution < -0.4 is 5.32 Å². The number of hydrogen-bond donors (Lipinski definition) is 1. The van der Waals surface area contributed by atoms with Crippen LogP contribution in [0, 0.1) is 6.92 Å². The van der Waals surface area contributed by atoms with Crippen LogP contribution >= 0.6 is 11.6 Å². The maximum Gasteiger partial charge on any atom is 0.242 e. The third-order valence-electron chi connectivity index (χ3n) is 4.28. The second-order valence-electron chi connectivity index (χ2n) is 7.16. The summed E-state index contributed by atoms with van der Waals surface area (Å²) in [6.45, 7) is 7.89. The quantitative estimate of drug-likeness (QED) is 0.777. The zero-order chi connectivity index (χ0) is 20.0. The topological polar surface area (TPSA) is 49.4 Å². The van der Waals surface area contributed by atoms with Crippen molar-refractivity contribution in [3.63, 3.8) is 0 Å². The summed E-state index contributed by atoms with van der Waals surface area (Å²) in [5.41, 5.74) is 2.93. The molecule has 0 heterocycles. The molecule has 0 aromatic heterocycles. The van der Waals surface area contributed by atoms with E-state index in [4.69, 9.17) is 11.6 Å². The van der Waals surface area contributed by atoms with Crippen LogP contribution in [0.2, 0.25) is 5.02 Å². The lowest BCUT2D eigenvalue weighted by Crippen LogP contribution is -2.49. The van der Waals surface area contributed by atoms with Crippen LogP contribution in [0.1, 0.15) is 37.5 Å². The highest BCUT2D eigenvalue weighted by Gasteiger charge is 2.26. The maximum absolute atomic E-state index is 13.1. The van der Waals surface area contributed by atoms with E-state index in [0.29, 0.717) is 11.6 Å². The fourth-order valence-electron chi connectivity index (χ4n) is 2.92. The van der Waals surface area contributed by atoms with E-state index in [1.165, 1.54) is 0 Å². The number of aryl methyl sites for hydroxylation is 1. The number of hydrogen-bond acceptors (Lipinski definition) is 2. The number of nitrogens with zero attached hydrogens (tertiary/aromatic N) is 1. The summed E-state index contributed by atoms with van der Waals surface area (Å²) in [4.78, 5) is 27.2. The van der Waals surface area contributed by atoms with Gasteiger partial charge in [0.15, 0.2) is 0 Å². The first-order valence-corrected chi connectivity index (χ1v) is 9.54.